The summed E-state index contributed by atoms with van der Waals surface area (Å²) < 4.78 is 0. The number of benzene rings is 1. The van der Waals surface area contributed by atoms with Crippen LogP contribution in [-0.4, -0.2) is 18.4 Å². The van der Waals surface area contributed by atoms with Crippen LogP contribution in [0.25, 0.3) is 0 Å². The van der Waals surface area contributed by atoms with Crippen molar-refractivity contribution in [1.29, 1.82) is 0 Å². The van der Waals surface area contributed by atoms with Gasteiger partial charge >= 0.3 is 0 Å². The quantitative estimate of drug-likeness (QED) is 0.607. The summed E-state index contributed by atoms with van der Waals surface area (Å²) in [6.07, 6.45) is 4.75. The van der Waals surface area contributed by atoms with E-state index in [-0.39, 0.29) is 11.1 Å². The van der Waals surface area contributed by atoms with Crippen molar-refractivity contribution in [1.82, 2.24) is 0 Å². The number of nitrogens with two attached hydrogens (primary N) is 3. The van der Waals surface area contributed by atoms with Crippen molar-refractivity contribution >= 4 is 11.8 Å². The second kappa shape index (κ2) is 7.53. The van der Waals surface area contributed by atoms with Gasteiger partial charge in [0, 0.05) is 0 Å². The molecule has 0 aliphatic carbocycles. The number of carbonyl (C=O) groups is 2. The Balaban J connectivity index is 2.80. The summed E-state index contributed by atoms with van der Waals surface area (Å²) in [7, 11) is 0. The highest BCUT2D eigenvalue weighted by Crippen LogP contribution is 2.17. The van der Waals surface area contributed by atoms with Crippen molar-refractivity contribution in [2.24, 2.45) is 17.2 Å². The molecule has 5 heteroatoms. The van der Waals surface area contributed by atoms with Crippen LogP contribution < -0.4 is 17.2 Å². The molecular weight excluding hydrogens is 242 g/mol. The second-order valence-electron chi connectivity index (χ2n) is 4.52. The number of aryl methyl sites for hydroxylation is 1. The van der Waals surface area contributed by atoms with E-state index in [0.29, 0.717) is 13.0 Å². The zero-order chi connectivity index (χ0) is 14.3. The summed E-state index contributed by atoms with van der Waals surface area (Å²) in [5.41, 5.74) is 17.3. The molecule has 0 fully saturated rings. The molecule has 0 saturated heterocycles. The molecule has 1 rings (SSSR count). The fourth-order valence-corrected chi connectivity index (χ4v) is 2.12. The molecule has 1 aromatic rings. The molecule has 0 aromatic heterocycles. The third-order valence-corrected chi connectivity index (χ3v) is 3.06. The Kier molecular flexibility index (Phi) is 6.02. The molecule has 0 spiro atoms. The third kappa shape index (κ3) is 4.37. The van der Waals surface area contributed by atoms with E-state index in [9.17, 15) is 9.59 Å². The molecule has 0 radical (unpaired) electrons. The van der Waals surface area contributed by atoms with Crippen LogP contribution in [0.2, 0.25) is 0 Å². The first-order chi connectivity index (χ1) is 9.07. The van der Waals surface area contributed by atoms with E-state index in [1.54, 1.807) is 6.07 Å². The van der Waals surface area contributed by atoms with Crippen LogP contribution in [0.1, 0.15) is 52.0 Å². The van der Waals surface area contributed by atoms with Crippen molar-refractivity contribution in [2.45, 2.75) is 32.1 Å². The molecule has 0 atom stereocenters. The van der Waals surface area contributed by atoms with Crippen molar-refractivity contribution in [3.63, 3.8) is 0 Å². The van der Waals surface area contributed by atoms with Crippen LogP contribution in [0, 0.1) is 0 Å². The fourth-order valence-electron chi connectivity index (χ4n) is 2.12. The third-order valence-electron chi connectivity index (χ3n) is 3.06. The Bertz CT molecular complexity index is 458. The van der Waals surface area contributed by atoms with Gasteiger partial charge in [-0.05, 0) is 37.4 Å². The standard InChI is InChI=1S/C14H21N3O2/c15-9-4-2-1-3-6-10-7-5-8-11(13(16)18)12(10)14(17)19/h5,7-8H,1-4,6,9,15H2,(H2,16,18)(H2,17,19). The lowest BCUT2D eigenvalue weighted by atomic mass is 9.95. The Morgan fingerprint density at radius 2 is 1.63 bits per heavy atom. The topological polar surface area (TPSA) is 112 Å². The van der Waals surface area contributed by atoms with Gasteiger partial charge in [-0.2, -0.15) is 0 Å². The second-order valence-corrected chi connectivity index (χ2v) is 4.52. The van der Waals surface area contributed by atoms with Gasteiger partial charge in [0.15, 0.2) is 0 Å². The number of primary amides is 2. The number of carbonyl (C=O) groups excluding carboxylic acids is 2. The first kappa shape index (κ1) is 15.2. The zero-order valence-electron chi connectivity index (χ0n) is 11.0. The molecule has 0 unspecified atom stereocenters. The maximum atomic E-state index is 11.5. The Morgan fingerprint density at radius 1 is 0.947 bits per heavy atom. The highest BCUT2D eigenvalue weighted by molar-refractivity contribution is 6.07. The SMILES string of the molecule is NCCCCCCc1cccc(C(N)=O)c1C(N)=O. The maximum Gasteiger partial charge on any atom is 0.249 e. The lowest BCUT2D eigenvalue weighted by Gasteiger charge is -2.10. The maximum absolute atomic E-state index is 11.5. The van der Waals surface area contributed by atoms with E-state index in [4.69, 9.17) is 17.2 Å². The Labute approximate surface area is 113 Å². The summed E-state index contributed by atoms with van der Waals surface area (Å²) >= 11 is 0. The Hall–Kier alpha value is -1.88. The summed E-state index contributed by atoms with van der Waals surface area (Å²) in [5, 5.41) is 0. The number of hydrogen-bond donors (Lipinski definition) is 3. The van der Waals surface area contributed by atoms with Crippen molar-refractivity contribution in [2.75, 3.05) is 6.54 Å². The largest absolute Gasteiger partial charge is 0.366 e. The minimum absolute atomic E-state index is 0.201. The molecule has 104 valence electrons. The predicted octanol–water partition coefficient (Wildman–Crippen LogP) is 0.946. The van der Waals surface area contributed by atoms with Gasteiger partial charge in [-0.3, -0.25) is 9.59 Å². The molecule has 1 aromatic carbocycles. The molecule has 19 heavy (non-hydrogen) atoms. The van der Waals surface area contributed by atoms with E-state index >= 15 is 0 Å². The number of rotatable bonds is 8. The molecule has 2 amide bonds. The molecule has 0 saturated carbocycles. The highest BCUT2D eigenvalue weighted by Gasteiger charge is 2.16. The van der Waals surface area contributed by atoms with Crippen molar-refractivity contribution < 1.29 is 9.59 Å². The van der Waals surface area contributed by atoms with E-state index < -0.39 is 11.8 Å². The highest BCUT2D eigenvalue weighted by atomic mass is 16.2. The van der Waals surface area contributed by atoms with Crippen molar-refractivity contribution in [3.8, 4) is 0 Å². The molecule has 0 bridgehead atoms. The summed E-state index contributed by atoms with van der Waals surface area (Å²) in [4.78, 5) is 22.8. The molecule has 0 aliphatic heterocycles. The van der Waals surface area contributed by atoms with E-state index in [2.05, 4.69) is 0 Å². The van der Waals surface area contributed by atoms with E-state index in [0.717, 1.165) is 31.2 Å². The smallest absolute Gasteiger partial charge is 0.249 e. The van der Waals surface area contributed by atoms with Gasteiger partial charge in [0.2, 0.25) is 11.8 Å². The van der Waals surface area contributed by atoms with E-state index in [1.165, 1.54) is 6.07 Å². The first-order valence-electron chi connectivity index (χ1n) is 6.49. The molecule has 0 aliphatic rings. The minimum Gasteiger partial charge on any atom is -0.366 e. The predicted molar refractivity (Wildman–Crippen MR) is 74.7 cm³/mol. The fraction of sp³-hybridized carbons (Fsp3) is 0.429. The summed E-state index contributed by atoms with van der Waals surface area (Å²) in [5.74, 6) is -1.23. The molecule has 6 N–H and O–H groups in total. The van der Waals surface area contributed by atoms with Gasteiger partial charge in [-0.1, -0.05) is 25.0 Å². The van der Waals surface area contributed by atoms with Crippen LogP contribution in [0.4, 0.5) is 0 Å². The normalized spacial score (nSPS) is 10.4. The monoisotopic (exact) mass is 263 g/mol. The van der Waals surface area contributed by atoms with Gasteiger partial charge < -0.3 is 17.2 Å². The van der Waals surface area contributed by atoms with Gasteiger partial charge in [0.1, 0.15) is 0 Å². The van der Waals surface area contributed by atoms with Gasteiger partial charge in [-0.25, -0.2) is 0 Å². The van der Waals surface area contributed by atoms with Crippen LogP contribution in [0.5, 0.6) is 0 Å². The number of unbranched alkanes of at least 4 members (excludes halogenated alkanes) is 3. The number of hydrogen-bond acceptors (Lipinski definition) is 3. The zero-order valence-corrected chi connectivity index (χ0v) is 11.0. The number of amides is 2. The first-order valence-corrected chi connectivity index (χ1v) is 6.49. The van der Waals surface area contributed by atoms with Gasteiger partial charge in [-0.15, -0.1) is 0 Å². The molecule has 0 heterocycles. The lowest BCUT2D eigenvalue weighted by Crippen LogP contribution is -2.22. The van der Waals surface area contributed by atoms with Crippen molar-refractivity contribution in [3.05, 3.63) is 34.9 Å². The minimum atomic E-state index is -0.626. The van der Waals surface area contributed by atoms with Crippen LogP contribution >= 0.6 is 0 Å². The molecular formula is C14H21N3O2. The summed E-state index contributed by atoms with van der Waals surface area (Å²) in [6, 6.07) is 5.07. The Morgan fingerprint density at radius 3 is 2.21 bits per heavy atom. The van der Waals surface area contributed by atoms with Crippen LogP contribution in [0.3, 0.4) is 0 Å². The van der Waals surface area contributed by atoms with Crippen LogP contribution in [-0.2, 0) is 6.42 Å². The summed E-state index contributed by atoms with van der Waals surface area (Å²) in [6.45, 7) is 0.698. The average Bonchev–Trinajstić information content (AvgIpc) is 2.37. The van der Waals surface area contributed by atoms with Crippen LogP contribution in [0.15, 0.2) is 18.2 Å². The van der Waals surface area contributed by atoms with Gasteiger partial charge in [0.05, 0.1) is 11.1 Å². The van der Waals surface area contributed by atoms with Gasteiger partial charge in [0.25, 0.3) is 0 Å². The van der Waals surface area contributed by atoms with E-state index in [1.807, 2.05) is 6.07 Å². The molecule has 5 nitrogen and oxygen atoms in total. The average molecular weight is 263 g/mol. The lowest BCUT2D eigenvalue weighted by molar-refractivity contribution is 0.0966.